The molecule has 1 nitrogen and oxygen atoms in total. The normalized spacial score (nSPS) is 14.7. The van der Waals surface area contributed by atoms with Crippen LogP contribution in [0.5, 0.6) is 0 Å². The molecule has 0 aromatic heterocycles. The molecule has 0 aromatic rings. The third kappa shape index (κ3) is 4.22. The van der Waals surface area contributed by atoms with E-state index in [9.17, 15) is 0 Å². The van der Waals surface area contributed by atoms with E-state index < -0.39 is 8.24 Å². The van der Waals surface area contributed by atoms with Gasteiger partial charge < -0.3 is 0 Å². The fraction of sp³-hybridized carbons (Fsp3) is 1.00. The van der Waals surface area contributed by atoms with Crippen LogP contribution in [0.4, 0.5) is 0 Å². The van der Waals surface area contributed by atoms with Crippen molar-refractivity contribution in [1.82, 2.24) is 4.57 Å². The molecule has 0 aliphatic carbocycles. The van der Waals surface area contributed by atoms with Crippen molar-refractivity contribution in [3.8, 4) is 0 Å². The van der Waals surface area contributed by atoms with Crippen molar-refractivity contribution < 1.29 is 0 Å². The van der Waals surface area contributed by atoms with Crippen LogP contribution in [0.1, 0.15) is 48.0 Å². The average molecular weight is 235 g/mol. The van der Waals surface area contributed by atoms with E-state index in [1.165, 1.54) is 18.1 Å². The third-order valence-electron chi connectivity index (χ3n) is 4.06. The molecule has 0 heterocycles. The Bertz CT molecular complexity index is 213. The maximum atomic E-state index is 2.81. The van der Waals surface area contributed by atoms with Crippen molar-refractivity contribution >= 4 is 26.0 Å². The van der Waals surface area contributed by atoms with Gasteiger partial charge in [-0.2, -0.15) is 0 Å². The van der Waals surface area contributed by atoms with Crippen LogP contribution in [0, 0.1) is 0 Å². The summed E-state index contributed by atoms with van der Waals surface area (Å²) in [5.74, 6) is 0. The van der Waals surface area contributed by atoms with Gasteiger partial charge in [-0.05, 0) is 0 Å². The Labute approximate surface area is 114 Å². The quantitative estimate of drug-likeness (QED) is 0.664. The predicted molar refractivity (Wildman–Crippen MR) is 78.8 cm³/mol. The SMILES string of the molecule is [Li][CH2]CCN(C(C)(C)C)[Si](C)(C)C(C)(C)C. The van der Waals surface area contributed by atoms with Crippen LogP contribution in [0.2, 0.25) is 23.2 Å². The molecule has 0 fully saturated rings. The summed E-state index contributed by atoms with van der Waals surface area (Å²) in [6.07, 6.45) is 1.32. The molecule has 0 unspecified atom stereocenters. The molecule has 0 saturated heterocycles. The molecule has 0 radical (unpaired) electrons. The Morgan fingerprint density at radius 3 is 1.69 bits per heavy atom. The van der Waals surface area contributed by atoms with Crippen LogP contribution in [0.3, 0.4) is 0 Å². The van der Waals surface area contributed by atoms with Crippen molar-refractivity contribution in [3.63, 3.8) is 0 Å². The summed E-state index contributed by atoms with van der Waals surface area (Å²) in [6.45, 7) is 20.6. The molecule has 0 rings (SSSR count). The van der Waals surface area contributed by atoms with Gasteiger partial charge in [0, 0.05) is 0 Å². The van der Waals surface area contributed by atoms with E-state index in [4.69, 9.17) is 0 Å². The fourth-order valence-corrected chi connectivity index (χ4v) is 5.38. The van der Waals surface area contributed by atoms with Crippen molar-refractivity contribution in [3.05, 3.63) is 0 Å². The van der Waals surface area contributed by atoms with E-state index in [-0.39, 0.29) is 0 Å². The Hall–Kier alpha value is 0.774. The molecule has 0 N–H and O–H groups in total. The van der Waals surface area contributed by atoms with Gasteiger partial charge in [0.15, 0.2) is 0 Å². The van der Waals surface area contributed by atoms with Gasteiger partial charge in [-0.25, -0.2) is 0 Å². The topological polar surface area (TPSA) is 3.24 Å². The molecule has 3 heteroatoms. The fourth-order valence-electron chi connectivity index (χ4n) is 2.17. The first-order valence-corrected chi connectivity index (χ1v) is 9.67. The second-order valence-corrected chi connectivity index (χ2v) is 12.6. The zero-order valence-corrected chi connectivity index (χ0v) is 14.1. The Kier molecular flexibility index (Phi) is 5.88. The zero-order chi connectivity index (χ0) is 13.2. The second-order valence-electron chi connectivity index (χ2n) is 7.49. The molecule has 92 valence electrons. The van der Waals surface area contributed by atoms with Crippen LogP contribution in [0.25, 0.3) is 0 Å². The number of hydrogen-bond donors (Lipinski definition) is 0. The minimum absolute atomic E-state index is 0.304. The van der Waals surface area contributed by atoms with Crippen molar-refractivity contribution in [2.24, 2.45) is 0 Å². The first kappa shape index (κ1) is 16.8. The van der Waals surface area contributed by atoms with E-state index in [1.807, 2.05) is 0 Å². The first-order valence-electron chi connectivity index (χ1n) is 6.72. The predicted octanol–water partition coefficient (Wildman–Crippen LogP) is 4.07. The van der Waals surface area contributed by atoms with E-state index in [2.05, 4.69) is 76.9 Å². The second kappa shape index (κ2) is 5.61. The number of nitrogens with zero attached hydrogens (tertiary/aromatic N) is 1. The molecule has 0 bridgehead atoms. The summed E-state index contributed by atoms with van der Waals surface area (Å²) in [5, 5.41) is 1.73. The Morgan fingerprint density at radius 2 is 1.44 bits per heavy atom. The number of hydrogen-bond acceptors (Lipinski definition) is 1. The van der Waals surface area contributed by atoms with Crippen molar-refractivity contribution in [2.45, 2.75) is 76.7 Å². The van der Waals surface area contributed by atoms with Crippen LogP contribution in [0.15, 0.2) is 0 Å². The van der Waals surface area contributed by atoms with Gasteiger partial charge in [-0.1, -0.05) is 0 Å². The molecule has 0 saturated carbocycles. The molecular formula is C13H30LiNSi. The average Bonchev–Trinajstić information content (AvgIpc) is 1.99. The zero-order valence-electron chi connectivity index (χ0n) is 13.1. The van der Waals surface area contributed by atoms with Gasteiger partial charge in [0.1, 0.15) is 0 Å². The molecule has 0 spiro atoms. The molecule has 16 heavy (non-hydrogen) atoms. The van der Waals surface area contributed by atoms with E-state index in [0.29, 0.717) is 10.6 Å². The van der Waals surface area contributed by atoms with E-state index in [1.54, 1.807) is 0 Å². The van der Waals surface area contributed by atoms with Gasteiger partial charge in [0.05, 0.1) is 0 Å². The van der Waals surface area contributed by atoms with Crippen molar-refractivity contribution in [1.29, 1.82) is 0 Å². The first-order chi connectivity index (χ1) is 6.94. The summed E-state index contributed by atoms with van der Waals surface area (Å²) in [5.41, 5.74) is 0.304. The summed E-state index contributed by atoms with van der Waals surface area (Å²) in [4.78, 5) is 0. The van der Waals surface area contributed by atoms with Crippen LogP contribution in [-0.2, 0) is 0 Å². The molecule has 0 aliphatic heterocycles. The summed E-state index contributed by atoms with van der Waals surface area (Å²) < 4.78 is 2.81. The van der Waals surface area contributed by atoms with Gasteiger partial charge in [-0.15, -0.1) is 0 Å². The molecule has 0 amide bonds. The molecular weight excluding hydrogens is 205 g/mol. The third-order valence-corrected chi connectivity index (χ3v) is 9.97. The van der Waals surface area contributed by atoms with E-state index in [0.717, 1.165) is 0 Å². The van der Waals surface area contributed by atoms with Crippen LogP contribution in [-0.4, -0.2) is 42.6 Å². The van der Waals surface area contributed by atoms with Gasteiger partial charge in [0.25, 0.3) is 0 Å². The monoisotopic (exact) mass is 235 g/mol. The van der Waals surface area contributed by atoms with Gasteiger partial charge in [0.2, 0.25) is 0 Å². The maximum absolute atomic E-state index is 2.81. The molecule has 0 aliphatic rings. The standard InChI is InChI=1S/C13H30NSi.Li/c1-10-11-14(12(2,3)4)15(8,9)13(5,6)7;/h1,10-11H2,2-9H3;. The van der Waals surface area contributed by atoms with Crippen LogP contribution >= 0.6 is 0 Å². The number of rotatable bonds is 4. The Balaban J connectivity index is 5.03. The Morgan fingerprint density at radius 1 is 1.00 bits per heavy atom. The van der Waals surface area contributed by atoms with Crippen LogP contribution < -0.4 is 0 Å². The molecule has 0 atom stereocenters. The molecule has 0 aromatic carbocycles. The summed E-state index contributed by atoms with van der Waals surface area (Å²) in [7, 11) is -1.37. The minimum atomic E-state index is -1.37. The van der Waals surface area contributed by atoms with E-state index >= 15 is 0 Å². The van der Waals surface area contributed by atoms with Crippen molar-refractivity contribution in [2.75, 3.05) is 6.54 Å². The summed E-state index contributed by atoms with van der Waals surface area (Å²) in [6, 6.07) is 0. The summed E-state index contributed by atoms with van der Waals surface area (Å²) >= 11 is 2.28. The van der Waals surface area contributed by atoms with Gasteiger partial charge in [-0.3, -0.25) is 0 Å². The van der Waals surface area contributed by atoms with Gasteiger partial charge >= 0.3 is 114 Å².